The van der Waals surface area contributed by atoms with Crippen molar-refractivity contribution in [1.82, 2.24) is 19.6 Å². The van der Waals surface area contributed by atoms with Gasteiger partial charge in [-0.1, -0.05) is 49.9 Å². The number of guanidine groups is 2. The molecule has 0 saturated heterocycles. The highest BCUT2D eigenvalue weighted by Crippen LogP contribution is 2.29. The van der Waals surface area contributed by atoms with Crippen molar-refractivity contribution in [1.29, 1.82) is 0 Å². The quantitative estimate of drug-likeness (QED) is 0.159. The van der Waals surface area contributed by atoms with Gasteiger partial charge < -0.3 is 32.8 Å². The van der Waals surface area contributed by atoms with E-state index in [1.54, 1.807) is 33.6 Å². The first kappa shape index (κ1) is 36.6. The minimum atomic E-state index is -1.08. The van der Waals surface area contributed by atoms with Crippen molar-refractivity contribution in [2.45, 2.75) is 14.4 Å². The van der Waals surface area contributed by atoms with Gasteiger partial charge >= 0.3 is 0 Å². The third-order valence-electron chi connectivity index (χ3n) is 6.73. The summed E-state index contributed by atoms with van der Waals surface area (Å²) in [5, 5.41) is 21.2. The number of carboxylic acid groups (broad SMARTS) is 1. The zero-order valence-corrected chi connectivity index (χ0v) is 26.4. The second kappa shape index (κ2) is 16.1. The van der Waals surface area contributed by atoms with Gasteiger partial charge in [0.05, 0.1) is 12.4 Å². The highest BCUT2D eigenvalue weighted by atomic mass is 16.4. The lowest BCUT2D eigenvalue weighted by molar-refractivity contribution is -0.302. The SMILES string of the molecule is C.CC(=O)[O-].Cn1cc(-c2ccc3cc(C(=O)N=C(N)N)ccc3c2)cn1.Cn1cc(-c2cccc3cc(C(=O)N=C(N)N)ccc23)cn1. The molecule has 0 atom stereocenters. The standard InChI is InChI=1S/2C16H15N5O.C2H4O2.CH4/c1-21-9-14(8-19-21)12-3-2-11-7-13(5-4-10(11)6-12)15(22)20-16(17)18;1-21-9-12(8-19-21)13-4-2-3-10-7-11(5-6-14(10)13)15(22)20-16(17)18;1-2(3)4;/h2*2-9H,1H3,(H4,17,18,20,22);1H3,(H,3,4);1H4/p-1. The number of carboxylic acids is 1. The van der Waals surface area contributed by atoms with Crippen LogP contribution in [0, 0.1) is 0 Å². The van der Waals surface area contributed by atoms with Crippen LogP contribution < -0.4 is 28.0 Å². The summed E-state index contributed by atoms with van der Waals surface area (Å²) in [7, 11) is 3.76. The molecule has 0 aliphatic heterocycles. The average Bonchev–Trinajstić information content (AvgIpc) is 3.67. The van der Waals surface area contributed by atoms with Gasteiger partial charge in [0.15, 0.2) is 11.9 Å². The third-order valence-corrected chi connectivity index (χ3v) is 6.73. The van der Waals surface area contributed by atoms with E-state index >= 15 is 0 Å². The first-order valence-electron chi connectivity index (χ1n) is 14.3. The summed E-state index contributed by atoms with van der Waals surface area (Å²) < 4.78 is 3.52. The van der Waals surface area contributed by atoms with Crippen LogP contribution in [0.5, 0.6) is 0 Å². The van der Waals surface area contributed by atoms with Crippen LogP contribution in [0.3, 0.4) is 0 Å². The van der Waals surface area contributed by atoms with Crippen molar-refractivity contribution >= 4 is 51.2 Å². The molecule has 49 heavy (non-hydrogen) atoms. The fraction of sp³-hybridized carbons (Fsp3) is 0.114. The van der Waals surface area contributed by atoms with Gasteiger partial charge in [-0.3, -0.25) is 19.0 Å². The van der Waals surface area contributed by atoms with Crippen molar-refractivity contribution in [3.05, 3.63) is 109 Å². The molecule has 6 aromatic rings. The van der Waals surface area contributed by atoms with Crippen LogP contribution in [-0.2, 0) is 18.9 Å². The van der Waals surface area contributed by atoms with Crippen LogP contribution >= 0.6 is 0 Å². The molecule has 14 heteroatoms. The summed E-state index contributed by atoms with van der Waals surface area (Å²) in [6, 6.07) is 22.7. The molecule has 0 spiro atoms. The lowest BCUT2D eigenvalue weighted by Crippen LogP contribution is -2.24. The molecule has 14 nitrogen and oxygen atoms in total. The maximum absolute atomic E-state index is 11.9. The van der Waals surface area contributed by atoms with E-state index in [0.717, 1.165) is 50.7 Å². The Bertz CT molecular complexity index is 2190. The Morgan fingerprint density at radius 2 is 1.14 bits per heavy atom. The van der Waals surface area contributed by atoms with Gasteiger partial charge in [-0.2, -0.15) is 20.2 Å². The molecular weight excluding hydrogens is 624 g/mol. The van der Waals surface area contributed by atoms with Gasteiger partial charge in [0.25, 0.3) is 11.8 Å². The van der Waals surface area contributed by atoms with Gasteiger partial charge in [0.2, 0.25) is 0 Å². The number of aryl methyl sites for hydroxylation is 2. The summed E-state index contributed by atoms with van der Waals surface area (Å²) in [6.07, 6.45) is 7.54. The van der Waals surface area contributed by atoms with E-state index in [4.69, 9.17) is 32.8 Å². The van der Waals surface area contributed by atoms with Crippen molar-refractivity contribution in [2.75, 3.05) is 0 Å². The Labute approximate surface area is 282 Å². The van der Waals surface area contributed by atoms with E-state index in [-0.39, 0.29) is 19.3 Å². The van der Waals surface area contributed by atoms with Crippen molar-refractivity contribution in [3.8, 4) is 22.3 Å². The zero-order chi connectivity index (χ0) is 35.0. The monoisotopic (exact) mass is 661 g/mol. The van der Waals surface area contributed by atoms with Crippen molar-refractivity contribution in [3.63, 3.8) is 0 Å². The molecule has 2 amide bonds. The van der Waals surface area contributed by atoms with Gasteiger partial charge in [0, 0.05) is 54.7 Å². The minimum absolute atomic E-state index is 0. The minimum Gasteiger partial charge on any atom is -0.550 e. The first-order chi connectivity index (χ1) is 22.8. The maximum atomic E-state index is 11.9. The Morgan fingerprint density at radius 1 is 0.653 bits per heavy atom. The van der Waals surface area contributed by atoms with Crippen LogP contribution in [0.25, 0.3) is 43.8 Å². The third kappa shape index (κ3) is 9.83. The highest BCUT2D eigenvalue weighted by molar-refractivity contribution is 6.06. The molecule has 0 unspecified atom stereocenters. The Hall–Kier alpha value is -6.83. The summed E-state index contributed by atoms with van der Waals surface area (Å²) >= 11 is 0. The molecule has 252 valence electrons. The Kier molecular flexibility index (Phi) is 12.1. The lowest BCUT2D eigenvalue weighted by atomic mass is 9.99. The van der Waals surface area contributed by atoms with Crippen LogP contribution in [0.4, 0.5) is 0 Å². The molecule has 0 saturated carbocycles. The van der Waals surface area contributed by atoms with Crippen LogP contribution in [0.1, 0.15) is 35.1 Å². The topological polar surface area (TPSA) is 239 Å². The van der Waals surface area contributed by atoms with E-state index in [9.17, 15) is 9.59 Å². The number of rotatable bonds is 4. The number of hydrogen-bond donors (Lipinski definition) is 4. The smallest absolute Gasteiger partial charge is 0.280 e. The average molecular weight is 662 g/mol. The molecule has 8 N–H and O–H groups in total. The molecule has 0 aliphatic rings. The fourth-order valence-corrected chi connectivity index (χ4v) is 4.72. The van der Waals surface area contributed by atoms with E-state index < -0.39 is 17.8 Å². The maximum Gasteiger partial charge on any atom is 0.280 e. The second-order valence-corrected chi connectivity index (χ2v) is 10.5. The number of nitrogens with two attached hydrogens (primary N) is 4. The summed E-state index contributed by atoms with van der Waals surface area (Å²) in [5.74, 6) is -2.46. The predicted molar refractivity (Wildman–Crippen MR) is 190 cm³/mol. The van der Waals surface area contributed by atoms with Crippen LogP contribution in [0.15, 0.2) is 108 Å². The van der Waals surface area contributed by atoms with E-state index in [2.05, 4.69) is 26.2 Å². The number of carbonyl (C=O) groups excluding carboxylic acids is 3. The number of aromatic nitrogens is 4. The van der Waals surface area contributed by atoms with E-state index in [1.165, 1.54) is 0 Å². The largest absolute Gasteiger partial charge is 0.550 e. The van der Waals surface area contributed by atoms with Gasteiger partial charge in [-0.25, -0.2) is 0 Å². The number of hydrogen-bond acceptors (Lipinski definition) is 6. The highest BCUT2D eigenvalue weighted by Gasteiger charge is 2.10. The first-order valence-corrected chi connectivity index (χ1v) is 14.3. The van der Waals surface area contributed by atoms with Crippen molar-refractivity contribution in [2.24, 2.45) is 47.0 Å². The molecule has 2 aromatic heterocycles. The molecule has 0 fully saturated rings. The second-order valence-electron chi connectivity index (χ2n) is 10.5. The van der Waals surface area contributed by atoms with Gasteiger partial charge in [-0.05, 0) is 69.9 Å². The lowest BCUT2D eigenvalue weighted by Gasteiger charge is -2.06. The van der Waals surface area contributed by atoms with E-state index in [0.29, 0.717) is 11.1 Å². The molecular formula is C35H37N10O4-. The molecule has 0 bridgehead atoms. The molecule has 2 heterocycles. The summed E-state index contributed by atoms with van der Waals surface area (Å²) in [5.41, 5.74) is 26.1. The number of fused-ring (bicyclic) bond motifs is 2. The Balaban J connectivity index is 0.000000235. The molecule has 6 rings (SSSR count). The van der Waals surface area contributed by atoms with Crippen LogP contribution in [0.2, 0.25) is 0 Å². The number of aliphatic imine (C=N–C) groups is 2. The van der Waals surface area contributed by atoms with Crippen molar-refractivity contribution < 1.29 is 19.5 Å². The number of carbonyl (C=O) groups is 3. The van der Waals surface area contributed by atoms with Gasteiger partial charge in [-0.15, -0.1) is 0 Å². The normalized spacial score (nSPS) is 10.0. The van der Waals surface area contributed by atoms with Crippen LogP contribution in [-0.4, -0.2) is 49.3 Å². The molecule has 0 aliphatic carbocycles. The number of amides is 2. The summed E-state index contributed by atoms with van der Waals surface area (Å²) in [4.78, 5) is 39.7. The van der Waals surface area contributed by atoms with Gasteiger partial charge in [0.1, 0.15) is 0 Å². The Morgan fingerprint density at radius 3 is 1.67 bits per heavy atom. The zero-order valence-electron chi connectivity index (χ0n) is 26.4. The number of nitrogens with zero attached hydrogens (tertiary/aromatic N) is 6. The number of benzene rings is 4. The fourth-order valence-electron chi connectivity index (χ4n) is 4.72. The summed E-state index contributed by atoms with van der Waals surface area (Å²) in [6.45, 7) is 0.972. The molecule has 4 aromatic carbocycles. The number of aliphatic carboxylic acids is 1. The molecule has 0 radical (unpaired) electrons. The van der Waals surface area contributed by atoms with E-state index in [1.807, 2.05) is 81.3 Å². The predicted octanol–water partition coefficient (Wildman–Crippen LogP) is 2.70.